The van der Waals surface area contributed by atoms with Crippen LogP contribution < -0.4 is 15.8 Å². The van der Waals surface area contributed by atoms with Crippen molar-refractivity contribution in [3.8, 4) is 5.75 Å². The molecule has 2 aromatic rings. The molecule has 4 nitrogen and oxygen atoms in total. The van der Waals surface area contributed by atoms with Crippen LogP contribution in [-0.4, -0.2) is 13.0 Å². The summed E-state index contributed by atoms with van der Waals surface area (Å²) >= 11 is 5.83. The van der Waals surface area contributed by atoms with Crippen LogP contribution in [0.4, 0.5) is 15.8 Å². The molecule has 0 unspecified atom stereocenters. The molecule has 0 heterocycles. The highest BCUT2D eigenvalue weighted by molar-refractivity contribution is 6.34. The Bertz CT molecular complexity index is 641. The summed E-state index contributed by atoms with van der Waals surface area (Å²) in [6.45, 7) is 0. The summed E-state index contributed by atoms with van der Waals surface area (Å²) in [5, 5.41) is 2.59. The van der Waals surface area contributed by atoms with Crippen molar-refractivity contribution < 1.29 is 13.9 Å². The molecule has 3 N–H and O–H groups in total. The maximum atomic E-state index is 13.6. The van der Waals surface area contributed by atoms with Gasteiger partial charge in [0.15, 0.2) is 0 Å². The number of amides is 1. The first-order chi connectivity index (χ1) is 9.52. The molecule has 0 spiro atoms. The van der Waals surface area contributed by atoms with E-state index in [-0.39, 0.29) is 10.6 Å². The Morgan fingerprint density at radius 2 is 2.10 bits per heavy atom. The number of nitrogen functional groups attached to an aromatic ring is 1. The van der Waals surface area contributed by atoms with Gasteiger partial charge in [0.05, 0.1) is 23.4 Å². The fourth-order valence-corrected chi connectivity index (χ4v) is 1.95. The van der Waals surface area contributed by atoms with Gasteiger partial charge in [-0.1, -0.05) is 17.7 Å². The van der Waals surface area contributed by atoms with Crippen LogP contribution in [0.3, 0.4) is 0 Å². The minimum Gasteiger partial charge on any atom is -0.495 e. The number of benzene rings is 2. The molecule has 104 valence electrons. The number of ether oxygens (including phenoxy) is 1. The van der Waals surface area contributed by atoms with E-state index in [0.29, 0.717) is 17.1 Å². The molecule has 0 aliphatic heterocycles. The van der Waals surface area contributed by atoms with Gasteiger partial charge >= 0.3 is 0 Å². The molecule has 1 amide bonds. The van der Waals surface area contributed by atoms with Gasteiger partial charge in [-0.05, 0) is 24.3 Å². The lowest BCUT2D eigenvalue weighted by Crippen LogP contribution is -2.14. The van der Waals surface area contributed by atoms with E-state index in [1.54, 1.807) is 18.2 Å². The standard InChI is InChI=1S/C14H12ClFN2O2/c1-20-12-7-8(5-6-11(12)17)18-14(19)13-9(15)3-2-4-10(13)16/h2-7H,17H2,1H3,(H,18,19). The first kappa shape index (κ1) is 14.1. The number of halogens is 2. The van der Waals surface area contributed by atoms with Crippen molar-refractivity contribution in [3.63, 3.8) is 0 Å². The van der Waals surface area contributed by atoms with Gasteiger partial charge in [0, 0.05) is 11.8 Å². The SMILES string of the molecule is COc1cc(NC(=O)c2c(F)cccc2Cl)ccc1N. The fourth-order valence-electron chi connectivity index (χ4n) is 1.70. The summed E-state index contributed by atoms with van der Waals surface area (Å²) in [6, 6.07) is 8.76. The van der Waals surface area contributed by atoms with Crippen LogP contribution in [0.5, 0.6) is 5.75 Å². The van der Waals surface area contributed by atoms with Gasteiger partial charge in [-0.15, -0.1) is 0 Å². The van der Waals surface area contributed by atoms with Crippen LogP contribution in [0.25, 0.3) is 0 Å². The molecule has 0 saturated heterocycles. The third-order valence-electron chi connectivity index (χ3n) is 2.68. The van der Waals surface area contributed by atoms with Crippen molar-refractivity contribution in [1.29, 1.82) is 0 Å². The van der Waals surface area contributed by atoms with E-state index in [1.165, 1.54) is 25.3 Å². The molecule has 0 bridgehead atoms. The van der Waals surface area contributed by atoms with E-state index >= 15 is 0 Å². The van der Waals surface area contributed by atoms with Crippen molar-refractivity contribution in [2.45, 2.75) is 0 Å². The summed E-state index contributed by atoms with van der Waals surface area (Å²) in [7, 11) is 1.46. The van der Waals surface area contributed by atoms with Gasteiger partial charge in [0.25, 0.3) is 5.91 Å². The van der Waals surface area contributed by atoms with E-state index in [9.17, 15) is 9.18 Å². The zero-order valence-electron chi connectivity index (χ0n) is 10.6. The minimum absolute atomic E-state index is 0.0462. The lowest BCUT2D eigenvalue weighted by Gasteiger charge is -2.10. The molecule has 0 aliphatic carbocycles. The highest BCUT2D eigenvalue weighted by Crippen LogP contribution is 2.26. The molecule has 0 fully saturated rings. The third kappa shape index (κ3) is 2.83. The van der Waals surface area contributed by atoms with Crippen LogP contribution in [0.1, 0.15) is 10.4 Å². The highest BCUT2D eigenvalue weighted by Gasteiger charge is 2.16. The van der Waals surface area contributed by atoms with Gasteiger partial charge in [-0.25, -0.2) is 4.39 Å². The van der Waals surface area contributed by atoms with Crippen LogP contribution in [0, 0.1) is 5.82 Å². The zero-order chi connectivity index (χ0) is 14.7. The second kappa shape index (κ2) is 5.79. The number of methoxy groups -OCH3 is 1. The van der Waals surface area contributed by atoms with E-state index in [0.717, 1.165) is 0 Å². The first-order valence-electron chi connectivity index (χ1n) is 5.72. The molecule has 0 saturated carbocycles. The fraction of sp³-hybridized carbons (Fsp3) is 0.0714. The number of nitrogens with one attached hydrogen (secondary N) is 1. The van der Waals surface area contributed by atoms with Crippen molar-refractivity contribution >= 4 is 28.9 Å². The number of hydrogen-bond acceptors (Lipinski definition) is 3. The van der Waals surface area contributed by atoms with Crippen molar-refractivity contribution in [3.05, 3.63) is 52.8 Å². The lowest BCUT2D eigenvalue weighted by atomic mass is 10.2. The molecule has 0 atom stereocenters. The van der Waals surface area contributed by atoms with E-state index in [2.05, 4.69) is 5.32 Å². The number of nitrogens with two attached hydrogens (primary N) is 1. The molecule has 0 aromatic heterocycles. The maximum Gasteiger partial charge on any atom is 0.260 e. The highest BCUT2D eigenvalue weighted by atomic mass is 35.5. The molecular weight excluding hydrogens is 283 g/mol. The normalized spacial score (nSPS) is 10.2. The summed E-state index contributed by atoms with van der Waals surface area (Å²) in [5.74, 6) is -0.903. The molecule has 0 aliphatic rings. The second-order valence-electron chi connectivity index (χ2n) is 4.01. The van der Waals surface area contributed by atoms with Crippen LogP contribution in [0.15, 0.2) is 36.4 Å². The predicted molar refractivity (Wildman–Crippen MR) is 76.8 cm³/mol. The third-order valence-corrected chi connectivity index (χ3v) is 3.00. The first-order valence-corrected chi connectivity index (χ1v) is 6.09. The Labute approximate surface area is 120 Å². The molecule has 6 heteroatoms. The van der Waals surface area contributed by atoms with Crippen molar-refractivity contribution in [2.24, 2.45) is 0 Å². The van der Waals surface area contributed by atoms with Gasteiger partial charge < -0.3 is 15.8 Å². The van der Waals surface area contributed by atoms with Crippen LogP contribution >= 0.6 is 11.6 Å². The predicted octanol–water partition coefficient (Wildman–Crippen LogP) is 3.32. The topological polar surface area (TPSA) is 64.3 Å². The smallest absolute Gasteiger partial charge is 0.260 e. The number of carbonyl (C=O) groups excluding carboxylic acids is 1. The summed E-state index contributed by atoms with van der Waals surface area (Å²) in [4.78, 5) is 12.0. The van der Waals surface area contributed by atoms with E-state index in [4.69, 9.17) is 22.1 Å². The van der Waals surface area contributed by atoms with Gasteiger partial charge in [-0.3, -0.25) is 4.79 Å². The average molecular weight is 295 g/mol. The molecule has 2 rings (SSSR count). The number of anilines is 2. The molecule has 2 aromatic carbocycles. The Morgan fingerprint density at radius 1 is 1.35 bits per heavy atom. The summed E-state index contributed by atoms with van der Waals surface area (Å²) < 4.78 is 18.7. The summed E-state index contributed by atoms with van der Waals surface area (Å²) in [6.07, 6.45) is 0. The average Bonchev–Trinajstić information content (AvgIpc) is 2.40. The van der Waals surface area contributed by atoms with Crippen LogP contribution in [-0.2, 0) is 0 Å². The quantitative estimate of drug-likeness (QED) is 0.854. The second-order valence-corrected chi connectivity index (χ2v) is 4.41. The number of rotatable bonds is 3. The Morgan fingerprint density at radius 3 is 2.75 bits per heavy atom. The van der Waals surface area contributed by atoms with Crippen molar-refractivity contribution in [1.82, 2.24) is 0 Å². The Kier molecular flexibility index (Phi) is 4.10. The van der Waals surface area contributed by atoms with E-state index in [1.807, 2.05) is 0 Å². The molecule has 0 radical (unpaired) electrons. The summed E-state index contributed by atoms with van der Waals surface area (Å²) in [5.41, 5.74) is 6.34. The zero-order valence-corrected chi connectivity index (χ0v) is 11.4. The Hall–Kier alpha value is -2.27. The molecule has 20 heavy (non-hydrogen) atoms. The number of hydrogen-bond donors (Lipinski definition) is 2. The molecular formula is C14H12ClFN2O2. The van der Waals surface area contributed by atoms with Gasteiger partial charge in [0.2, 0.25) is 0 Å². The maximum absolute atomic E-state index is 13.6. The van der Waals surface area contributed by atoms with Crippen molar-refractivity contribution in [2.75, 3.05) is 18.2 Å². The minimum atomic E-state index is -0.683. The monoisotopic (exact) mass is 294 g/mol. The van der Waals surface area contributed by atoms with Crippen LogP contribution in [0.2, 0.25) is 5.02 Å². The number of carbonyl (C=O) groups is 1. The van der Waals surface area contributed by atoms with E-state index < -0.39 is 11.7 Å². The largest absolute Gasteiger partial charge is 0.495 e. The lowest BCUT2D eigenvalue weighted by molar-refractivity contribution is 0.102. The Balaban J connectivity index is 2.28. The van der Waals surface area contributed by atoms with Gasteiger partial charge in [-0.2, -0.15) is 0 Å². The van der Waals surface area contributed by atoms with Gasteiger partial charge in [0.1, 0.15) is 11.6 Å².